The lowest BCUT2D eigenvalue weighted by Gasteiger charge is -2.27. The molecule has 3 atom stereocenters. The van der Waals surface area contributed by atoms with Gasteiger partial charge in [-0.2, -0.15) is 0 Å². The number of rotatable bonds is 53. The molecule has 0 aliphatic rings. The van der Waals surface area contributed by atoms with E-state index in [-0.39, 0.29) is 31.5 Å². The quantitative estimate of drug-likeness (QED) is 0.0205. The number of amides is 1. The average Bonchev–Trinajstić information content (AvgIpc) is 3.34. The first-order chi connectivity index (χ1) is 34.9. The Morgan fingerprint density at radius 2 is 0.889 bits per heavy atom. The van der Waals surface area contributed by atoms with E-state index in [2.05, 4.69) is 86.8 Å². The Labute approximate surface area is 444 Å². The van der Waals surface area contributed by atoms with Crippen molar-refractivity contribution in [1.29, 1.82) is 0 Å². The molecule has 418 valence electrons. The average molecular weight is 1030 g/mol. The smallest absolute Gasteiger partial charge is 0.456 e. The third-order valence-electron chi connectivity index (χ3n) is 12.9. The van der Waals surface area contributed by atoms with E-state index < -0.39 is 20.0 Å². The number of ether oxygens (including phenoxy) is 1. The highest BCUT2D eigenvalue weighted by atomic mass is 31.2. The number of carbonyl (C=O) groups is 2. The second-order valence-electron chi connectivity index (χ2n) is 21.1. The summed E-state index contributed by atoms with van der Waals surface area (Å²) in [6.07, 6.45) is 66.1. The van der Waals surface area contributed by atoms with Crippen molar-refractivity contribution >= 4 is 19.7 Å². The minimum atomic E-state index is -4.45. The number of phosphoric ester groups is 1. The van der Waals surface area contributed by atoms with Crippen molar-refractivity contribution < 1.29 is 37.3 Å². The lowest BCUT2D eigenvalue weighted by molar-refractivity contribution is -0.870. The van der Waals surface area contributed by atoms with Gasteiger partial charge >= 0.3 is 13.8 Å². The van der Waals surface area contributed by atoms with E-state index in [1.165, 1.54) is 122 Å². The minimum absolute atomic E-state index is 0.0371. The molecular weight excluding hydrogens is 916 g/mol. The first-order valence-electron chi connectivity index (χ1n) is 29.8. The number of nitrogens with one attached hydrogen (secondary N) is 1. The number of unbranched alkanes of at least 4 members (excludes halogenated alkanes) is 27. The van der Waals surface area contributed by atoms with Gasteiger partial charge in [-0.05, 0) is 76.7 Å². The number of hydrogen-bond acceptors (Lipinski definition) is 6. The Hall–Kier alpha value is -2.55. The highest BCUT2D eigenvalue weighted by Gasteiger charge is 2.30. The van der Waals surface area contributed by atoms with Gasteiger partial charge in [-0.25, -0.2) is 4.57 Å². The fourth-order valence-electron chi connectivity index (χ4n) is 8.32. The second kappa shape index (κ2) is 51.9. The fraction of sp³-hybridized carbons (Fsp3) is 0.774. The lowest BCUT2D eigenvalue weighted by atomic mass is 10.0. The first kappa shape index (κ1) is 69.5. The van der Waals surface area contributed by atoms with Crippen molar-refractivity contribution in [2.24, 2.45) is 0 Å². The fourth-order valence-corrected chi connectivity index (χ4v) is 9.06. The summed E-state index contributed by atoms with van der Waals surface area (Å²) < 4.78 is 30.6. The molecule has 1 amide bonds. The van der Waals surface area contributed by atoms with Crippen LogP contribution in [0.25, 0.3) is 0 Å². The molecule has 0 aromatic carbocycles. The normalized spacial score (nSPS) is 14.3. The van der Waals surface area contributed by atoms with Crippen LogP contribution in [0.4, 0.5) is 0 Å². The summed E-state index contributed by atoms with van der Waals surface area (Å²) in [7, 11) is 1.49. The highest BCUT2D eigenvalue weighted by molar-refractivity contribution is 7.47. The SMILES string of the molecule is CC/C=C\C/C=C\C/C=C\C/C=C\C/C=C\CCCCCCCCCC(=O)OC(/C=C\CCCCCCCCCCCC)C(COP(=O)(O)OCC[N+](C)(C)C)NC(=O)CCCCCCCCCCCCC. The topological polar surface area (TPSA) is 111 Å². The van der Waals surface area contributed by atoms with Crippen molar-refractivity contribution in [1.82, 2.24) is 5.32 Å². The van der Waals surface area contributed by atoms with Crippen LogP contribution in [0.15, 0.2) is 72.9 Å². The van der Waals surface area contributed by atoms with Gasteiger partial charge in [0.1, 0.15) is 19.3 Å². The molecule has 0 aromatic heterocycles. The molecule has 9 nitrogen and oxygen atoms in total. The van der Waals surface area contributed by atoms with Crippen LogP contribution < -0.4 is 5.32 Å². The van der Waals surface area contributed by atoms with Crippen molar-refractivity contribution in [3.8, 4) is 0 Å². The van der Waals surface area contributed by atoms with Gasteiger partial charge < -0.3 is 19.4 Å². The molecule has 0 saturated heterocycles. The molecule has 0 aliphatic carbocycles. The molecule has 0 spiro atoms. The number of allylic oxidation sites excluding steroid dienone is 11. The number of likely N-dealkylation sites (N-methyl/N-ethyl adjacent to an activating group) is 1. The van der Waals surface area contributed by atoms with Gasteiger partial charge in [-0.15, -0.1) is 0 Å². The van der Waals surface area contributed by atoms with Crippen LogP contribution in [0.1, 0.15) is 258 Å². The van der Waals surface area contributed by atoms with E-state index in [1.807, 2.05) is 33.3 Å². The monoisotopic (exact) mass is 1030 g/mol. The van der Waals surface area contributed by atoms with Crippen molar-refractivity contribution in [2.45, 2.75) is 270 Å². The molecule has 2 N–H and O–H groups in total. The molecule has 3 unspecified atom stereocenters. The zero-order valence-corrected chi connectivity index (χ0v) is 48.6. The largest absolute Gasteiger partial charge is 0.472 e. The molecule has 0 rings (SSSR count). The summed E-state index contributed by atoms with van der Waals surface area (Å²) in [5.74, 6) is -0.517. The molecule has 0 bridgehead atoms. The maximum Gasteiger partial charge on any atom is 0.472 e. The zero-order valence-electron chi connectivity index (χ0n) is 47.7. The molecule has 0 fully saturated rings. The summed E-state index contributed by atoms with van der Waals surface area (Å²) in [5, 5.41) is 3.04. The molecule has 0 heterocycles. The maximum atomic E-state index is 13.5. The third kappa shape index (κ3) is 52.3. The van der Waals surface area contributed by atoms with Gasteiger partial charge in [0.15, 0.2) is 0 Å². The Kier molecular flexibility index (Phi) is 50.1. The van der Waals surface area contributed by atoms with Crippen LogP contribution >= 0.6 is 7.82 Å². The van der Waals surface area contributed by atoms with Crippen molar-refractivity contribution in [3.63, 3.8) is 0 Å². The zero-order chi connectivity index (χ0) is 52.9. The number of hydrogen-bond donors (Lipinski definition) is 2. The first-order valence-corrected chi connectivity index (χ1v) is 31.3. The van der Waals surface area contributed by atoms with E-state index >= 15 is 0 Å². The van der Waals surface area contributed by atoms with Crippen LogP contribution in [0, 0.1) is 0 Å². The Balaban J connectivity index is 5.21. The molecule has 10 heteroatoms. The van der Waals surface area contributed by atoms with Gasteiger partial charge in [-0.1, -0.05) is 242 Å². The molecule has 0 aromatic rings. The Morgan fingerprint density at radius 3 is 1.33 bits per heavy atom. The van der Waals surface area contributed by atoms with E-state index in [0.717, 1.165) is 103 Å². The third-order valence-corrected chi connectivity index (χ3v) is 13.9. The number of phosphoric acid groups is 1. The lowest BCUT2D eigenvalue weighted by Crippen LogP contribution is -2.47. The van der Waals surface area contributed by atoms with Crippen molar-refractivity contribution in [2.75, 3.05) is 40.9 Å². The predicted octanol–water partition coefficient (Wildman–Crippen LogP) is 18.1. The number of nitrogens with zero attached hydrogens (tertiary/aromatic N) is 1. The predicted molar refractivity (Wildman–Crippen MR) is 309 cm³/mol. The molecule has 0 radical (unpaired) electrons. The number of quaternary nitrogens is 1. The van der Waals surface area contributed by atoms with Crippen LogP contribution in [-0.2, 0) is 27.9 Å². The summed E-state index contributed by atoms with van der Waals surface area (Å²) in [6.45, 7) is 6.88. The van der Waals surface area contributed by atoms with E-state index in [9.17, 15) is 19.0 Å². The van der Waals surface area contributed by atoms with Gasteiger partial charge in [0.05, 0.1) is 33.8 Å². The standard InChI is InChI=1S/C62H113N2O7P/c1-7-10-13-16-19-22-25-27-28-29-30-31-32-33-34-35-36-37-40-43-46-49-52-55-62(66)71-60(53-50-47-44-41-39-26-23-20-17-14-11-8-2)59(58-70-72(67,68)69-57-56-64(4,5)6)63-61(65)54-51-48-45-42-38-24-21-18-15-12-9-3/h10,13,19,22,27-28,30-31,33-34,50,53,59-60H,7-9,11-12,14-18,20-21,23-26,29,32,35-49,51-52,54-58H2,1-6H3,(H-,63,65,67,68)/p+1/b13-10-,22-19-,28-27-,31-30-,34-33-,53-50-. The molecule has 72 heavy (non-hydrogen) atoms. The molecule has 0 saturated carbocycles. The Morgan fingerprint density at radius 1 is 0.500 bits per heavy atom. The highest BCUT2D eigenvalue weighted by Crippen LogP contribution is 2.43. The summed E-state index contributed by atoms with van der Waals surface area (Å²) in [4.78, 5) is 37.6. The summed E-state index contributed by atoms with van der Waals surface area (Å²) in [5.41, 5.74) is 0. The van der Waals surface area contributed by atoms with E-state index in [4.69, 9.17) is 13.8 Å². The van der Waals surface area contributed by atoms with Crippen LogP contribution in [0.2, 0.25) is 0 Å². The minimum Gasteiger partial charge on any atom is -0.456 e. The summed E-state index contributed by atoms with van der Waals surface area (Å²) >= 11 is 0. The van der Waals surface area contributed by atoms with Gasteiger partial charge in [0.25, 0.3) is 0 Å². The molecular formula is C62H114N2O7P+. The van der Waals surface area contributed by atoms with Crippen LogP contribution in [0.5, 0.6) is 0 Å². The second-order valence-corrected chi connectivity index (χ2v) is 22.6. The maximum absolute atomic E-state index is 13.5. The number of carbonyl (C=O) groups excluding carboxylic acids is 2. The van der Waals surface area contributed by atoms with Gasteiger partial charge in [-0.3, -0.25) is 18.6 Å². The van der Waals surface area contributed by atoms with Gasteiger partial charge in [0.2, 0.25) is 5.91 Å². The molecule has 0 aliphatic heterocycles. The van der Waals surface area contributed by atoms with Gasteiger partial charge in [0, 0.05) is 12.8 Å². The van der Waals surface area contributed by atoms with E-state index in [1.54, 1.807) is 0 Å². The Bertz CT molecular complexity index is 1460. The number of esters is 1. The van der Waals surface area contributed by atoms with Crippen LogP contribution in [0.3, 0.4) is 0 Å². The van der Waals surface area contributed by atoms with Crippen molar-refractivity contribution in [3.05, 3.63) is 72.9 Å². The van der Waals surface area contributed by atoms with E-state index in [0.29, 0.717) is 17.4 Å². The summed E-state index contributed by atoms with van der Waals surface area (Å²) in [6, 6.07) is -0.852. The van der Waals surface area contributed by atoms with Crippen LogP contribution in [-0.4, -0.2) is 74.3 Å².